The molecule has 1 aromatic rings. The van der Waals surface area contributed by atoms with Crippen molar-refractivity contribution in [2.24, 2.45) is 0 Å². The van der Waals surface area contributed by atoms with Gasteiger partial charge in [-0.05, 0) is 36.3 Å². The van der Waals surface area contributed by atoms with E-state index >= 15 is 0 Å². The van der Waals surface area contributed by atoms with Gasteiger partial charge in [0.2, 0.25) is 5.91 Å². The Morgan fingerprint density at radius 2 is 2.00 bits per heavy atom. The van der Waals surface area contributed by atoms with Gasteiger partial charge >= 0.3 is 0 Å². The second-order valence-electron chi connectivity index (χ2n) is 4.49. The lowest BCUT2D eigenvalue weighted by molar-refractivity contribution is -0.129. The van der Waals surface area contributed by atoms with Gasteiger partial charge in [0.1, 0.15) is 12.4 Å². The maximum atomic E-state index is 12.9. The van der Waals surface area contributed by atoms with Crippen LogP contribution in [0, 0.1) is 0 Å². The molecule has 0 bridgehead atoms. The lowest BCUT2D eigenvalue weighted by Crippen LogP contribution is -2.11. The zero-order chi connectivity index (χ0) is 16.4. The Morgan fingerprint density at radius 3 is 2.59 bits per heavy atom. The van der Waals surface area contributed by atoms with Crippen LogP contribution in [0.3, 0.4) is 0 Å². The van der Waals surface area contributed by atoms with E-state index in [9.17, 15) is 14.0 Å². The average molecular weight is 303 g/mol. The van der Waals surface area contributed by atoms with Gasteiger partial charge < -0.3 is 10.1 Å². The number of anilines is 1. The molecule has 0 saturated carbocycles. The van der Waals surface area contributed by atoms with E-state index in [1.54, 1.807) is 31.2 Å². The third-order valence-electron chi connectivity index (χ3n) is 2.70. The van der Waals surface area contributed by atoms with Gasteiger partial charge in [0, 0.05) is 5.69 Å². The molecular weight excluding hydrogens is 285 g/mol. The van der Waals surface area contributed by atoms with Crippen LogP contribution in [0.25, 0.3) is 0 Å². The minimum absolute atomic E-state index is 0.0729. The van der Waals surface area contributed by atoms with E-state index in [2.05, 4.69) is 16.6 Å². The Bertz CT molecular complexity index is 588. The normalized spacial score (nSPS) is 11.3. The maximum Gasteiger partial charge on any atom is 0.293 e. The van der Waals surface area contributed by atoms with Crippen LogP contribution < -0.4 is 5.32 Å². The van der Waals surface area contributed by atoms with E-state index in [0.29, 0.717) is 17.7 Å². The quantitative estimate of drug-likeness (QED) is 0.589. The average Bonchev–Trinajstić information content (AvgIpc) is 2.51. The first kappa shape index (κ1) is 17.4. The molecule has 1 rings (SSSR count). The lowest BCUT2D eigenvalue weighted by atomic mass is 10.1. The van der Waals surface area contributed by atoms with Crippen molar-refractivity contribution in [3.8, 4) is 0 Å². The van der Waals surface area contributed by atoms with Gasteiger partial charge in [0.05, 0.1) is 6.42 Å². The Kier molecular flexibility index (Phi) is 7.33. The monoisotopic (exact) mass is 303 g/mol. The Hall–Kier alpha value is -2.69. The number of benzene rings is 1. The number of halogens is 1. The number of ether oxygens (including phenoxy) is 1. The second-order valence-corrected chi connectivity index (χ2v) is 4.49. The van der Waals surface area contributed by atoms with Crippen LogP contribution >= 0.6 is 0 Å². The van der Waals surface area contributed by atoms with Crippen molar-refractivity contribution >= 4 is 18.1 Å². The highest BCUT2D eigenvalue weighted by molar-refractivity contribution is 5.92. The van der Waals surface area contributed by atoms with Crippen molar-refractivity contribution in [2.45, 2.75) is 20.0 Å². The molecule has 0 saturated heterocycles. The smallest absolute Gasteiger partial charge is 0.293 e. The number of nitrogens with one attached hydrogen (secondary N) is 1. The predicted octanol–water partition coefficient (Wildman–Crippen LogP) is 3.67. The van der Waals surface area contributed by atoms with Crippen LogP contribution in [-0.2, 0) is 20.9 Å². The number of rotatable bonds is 8. The van der Waals surface area contributed by atoms with Crippen LogP contribution in [0.2, 0.25) is 0 Å². The summed E-state index contributed by atoms with van der Waals surface area (Å²) in [5.74, 6) is -0.623. The van der Waals surface area contributed by atoms with Crippen LogP contribution in [0.5, 0.6) is 0 Å². The molecule has 1 amide bonds. The molecule has 0 aliphatic carbocycles. The van der Waals surface area contributed by atoms with E-state index in [1.807, 2.05) is 0 Å². The largest absolute Gasteiger partial charge is 0.463 e. The molecule has 22 heavy (non-hydrogen) atoms. The molecule has 1 N–H and O–H groups in total. The minimum atomic E-state index is -0.380. The summed E-state index contributed by atoms with van der Waals surface area (Å²) in [6, 6.07) is 6.91. The summed E-state index contributed by atoms with van der Waals surface area (Å²) >= 11 is 0. The number of amides is 1. The molecule has 0 aromatic heterocycles. The van der Waals surface area contributed by atoms with Gasteiger partial charge in [-0.15, -0.1) is 0 Å². The highest BCUT2D eigenvalue weighted by Gasteiger charge is 2.04. The van der Waals surface area contributed by atoms with Gasteiger partial charge in [-0.1, -0.05) is 30.9 Å². The Labute approximate surface area is 129 Å². The molecule has 0 aliphatic heterocycles. The first-order valence-corrected chi connectivity index (χ1v) is 6.67. The lowest BCUT2D eigenvalue weighted by Gasteiger charge is -2.06. The molecular formula is C17H18FNO3. The predicted molar refractivity (Wildman–Crippen MR) is 83.7 cm³/mol. The van der Waals surface area contributed by atoms with Gasteiger partial charge in [-0.3, -0.25) is 9.59 Å². The third-order valence-corrected chi connectivity index (χ3v) is 2.70. The second kappa shape index (κ2) is 9.28. The summed E-state index contributed by atoms with van der Waals surface area (Å²) in [6.45, 7) is 5.85. The van der Waals surface area contributed by atoms with Crippen LogP contribution in [0.15, 0.2) is 60.5 Å². The number of hydrogen-bond donors (Lipinski definition) is 1. The summed E-state index contributed by atoms with van der Waals surface area (Å²) in [5, 5.41) is 2.71. The van der Waals surface area contributed by atoms with Crippen molar-refractivity contribution < 1.29 is 18.7 Å². The molecule has 0 atom stereocenters. The fourth-order valence-corrected chi connectivity index (χ4v) is 1.58. The number of carbonyl (C=O) groups excluding carboxylic acids is 2. The standard InChI is InChI=1S/C17H18FNO3/c1-3-15(18)7-4-13(2)10-17(21)19-16-8-5-14(6-9-16)11-22-12-20/h3-9,12H,2,10-11H2,1H3,(H,19,21)/b7-4-,15-3+. The van der Waals surface area contributed by atoms with Gasteiger partial charge in [0.15, 0.2) is 0 Å². The van der Waals surface area contributed by atoms with Crippen LogP contribution in [0.4, 0.5) is 10.1 Å². The first-order valence-electron chi connectivity index (χ1n) is 6.67. The SMILES string of the molecule is C=C(/C=C\C(F)=C/C)CC(=O)Nc1ccc(COC=O)cc1. The molecule has 116 valence electrons. The van der Waals surface area contributed by atoms with E-state index < -0.39 is 0 Å². The Morgan fingerprint density at radius 1 is 1.32 bits per heavy atom. The van der Waals surface area contributed by atoms with Crippen molar-refractivity contribution in [1.82, 2.24) is 0 Å². The summed E-state index contributed by atoms with van der Waals surface area (Å²) in [4.78, 5) is 21.9. The van der Waals surface area contributed by atoms with Crippen LogP contribution in [-0.4, -0.2) is 12.4 Å². The molecule has 5 heteroatoms. The first-order chi connectivity index (χ1) is 10.5. The fourth-order valence-electron chi connectivity index (χ4n) is 1.58. The van der Waals surface area contributed by atoms with E-state index in [1.165, 1.54) is 18.2 Å². The maximum absolute atomic E-state index is 12.9. The molecule has 0 unspecified atom stereocenters. The minimum Gasteiger partial charge on any atom is -0.463 e. The van der Waals surface area contributed by atoms with Gasteiger partial charge in [-0.2, -0.15) is 0 Å². The topological polar surface area (TPSA) is 55.4 Å². The Balaban J connectivity index is 2.49. The molecule has 0 radical (unpaired) electrons. The summed E-state index contributed by atoms with van der Waals surface area (Å²) in [6.07, 6.45) is 4.12. The number of carbonyl (C=O) groups is 2. The van der Waals surface area contributed by atoms with E-state index in [0.717, 1.165) is 5.56 Å². The molecule has 0 spiro atoms. The summed E-state index contributed by atoms with van der Waals surface area (Å²) < 4.78 is 17.5. The highest BCUT2D eigenvalue weighted by atomic mass is 19.1. The zero-order valence-corrected chi connectivity index (χ0v) is 12.3. The van der Waals surface area contributed by atoms with Crippen molar-refractivity contribution in [3.05, 3.63) is 66.0 Å². The van der Waals surface area contributed by atoms with Gasteiger partial charge in [-0.25, -0.2) is 4.39 Å². The van der Waals surface area contributed by atoms with Gasteiger partial charge in [0.25, 0.3) is 6.47 Å². The number of hydrogen-bond acceptors (Lipinski definition) is 3. The summed E-state index contributed by atoms with van der Waals surface area (Å²) in [5.41, 5.74) is 1.95. The van der Waals surface area contributed by atoms with E-state index in [-0.39, 0.29) is 24.8 Å². The third kappa shape index (κ3) is 6.65. The molecule has 4 nitrogen and oxygen atoms in total. The molecule has 1 aromatic carbocycles. The number of allylic oxidation sites excluding steroid dienone is 4. The fraction of sp³-hybridized carbons (Fsp3) is 0.176. The molecule has 0 heterocycles. The van der Waals surface area contributed by atoms with Crippen LogP contribution in [0.1, 0.15) is 18.9 Å². The van der Waals surface area contributed by atoms with E-state index in [4.69, 9.17) is 0 Å². The molecule has 0 aliphatic rings. The van der Waals surface area contributed by atoms with Crippen molar-refractivity contribution in [1.29, 1.82) is 0 Å². The van der Waals surface area contributed by atoms with Crippen molar-refractivity contribution in [3.63, 3.8) is 0 Å². The summed E-state index contributed by atoms with van der Waals surface area (Å²) in [7, 11) is 0. The zero-order valence-electron chi connectivity index (χ0n) is 12.3. The molecule has 0 fully saturated rings. The highest BCUT2D eigenvalue weighted by Crippen LogP contribution is 2.12. The van der Waals surface area contributed by atoms with Crippen molar-refractivity contribution in [2.75, 3.05) is 5.32 Å².